The molecular weight excluding hydrogens is 331 g/mol. The Bertz CT molecular complexity index is 675. The van der Waals surface area contributed by atoms with E-state index in [0.29, 0.717) is 24.5 Å². The van der Waals surface area contributed by atoms with E-state index in [1.54, 1.807) is 7.11 Å². The fourth-order valence-corrected chi connectivity index (χ4v) is 3.40. The zero-order valence-corrected chi connectivity index (χ0v) is 15.3. The second kappa shape index (κ2) is 9.55. The minimum atomic E-state index is -0.330. The molecule has 0 spiro atoms. The minimum absolute atomic E-state index is 0.0687. The monoisotopic (exact) mass is 358 g/mol. The molecule has 0 bridgehead atoms. The molecule has 140 valence electrons. The molecule has 0 unspecified atom stereocenters. The first-order valence-electron chi connectivity index (χ1n) is 9.17. The number of ether oxygens (including phenoxy) is 2. The quantitative estimate of drug-likeness (QED) is 0.782. The molecule has 1 aliphatic rings. The summed E-state index contributed by atoms with van der Waals surface area (Å²) in [4.78, 5) is 2.34. The van der Waals surface area contributed by atoms with E-state index in [4.69, 9.17) is 9.47 Å². The van der Waals surface area contributed by atoms with Gasteiger partial charge >= 0.3 is 0 Å². The maximum Gasteiger partial charge on any atom is 0.161 e. The summed E-state index contributed by atoms with van der Waals surface area (Å²) in [6.45, 7) is 3.90. The smallest absolute Gasteiger partial charge is 0.161 e. The van der Waals surface area contributed by atoms with Crippen LogP contribution in [0.3, 0.4) is 0 Å². The van der Waals surface area contributed by atoms with Crippen molar-refractivity contribution in [3.05, 3.63) is 59.7 Å². The molecule has 1 fully saturated rings. The van der Waals surface area contributed by atoms with E-state index in [-0.39, 0.29) is 12.7 Å². The molecule has 0 amide bonds. The van der Waals surface area contributed by atoms with Crippen LogP contribution in [-0.2, 0) is 6.61 Å². The first-order chi connectivity index (χ1) is 12.8. The van der Waals surface area contributed by atoms with E-state index in [2.05, 4.69) is 10.2 Å². The molecule has 1 N–H and O–H groups in total. The van der Waals surface area contributed by atoms with Crippen LogP contribution in [0, 0.1) is 0 Å². The molecule has 0 saturated carbocycles. The number of nitrogens with one attached hydrogen (secondary N) is 1. The first-order valence-corrected chi connectivity index (χ1v) is 9.17. The molecule has 26 heavy (non-hydrogen) atoms. The van der Waals surface area contributed by atoms with E-state index in [0.717, 1.165) is 37.3 Å². The fraction of sp³-hybridized carbons (Fsp3) is 0.429. The summed E-state index contributed by atoms with van der Waals surface area (Å²) < 4.78 is 24.6. The number of alkyl halides is 1. The number of hydrogen-bond acceptors (Lipinski definition) is 4. The maximum absolute atomic E-state index is 13.2. The van der Waals surface area contributed by atoms with Gasteiger partial charge in [0, 0.05) is 32.2 Å². The van der Waals surface area contributed by atoms with Gasteiger partial charge in [-0.3, -0.25) is 9.29 Å². The van der Waals surface area contributed by atoms with Crippen molar-refractivity contribution in [2.75, 3.05) is 40.0 Å². The summed E-state index contributed by atoms with van der Waals surface area (Å²) in [6.07, 6.45) is 0.493. The predicted molar refractivity (Wildman–Crippen MR) is 102 cm³/mol. The summed E-state index contributed by atoms with van der Waals surface area (Å²) in [7, 11) is 1.64. The van der Waals surface area contributed by atoms with Crippen molar-refractivity contribution >= 4 is 0 Å². The number of halogens is 1. The summed E-state index contributed by atoms with van der Waals surface area (Å²) >= 11 is 0. The van der Waals surface area contributed by atoms with Crippen molar-refractivity contribution in [3.8, 4) is 11.5 Å². The van der Waals surface area contributed by atoms with Crippen molar-refractivity contribution in [1.82, 2.24) is 10.2 Å². The van der Waals surface area contributed by atoms with Gasteiger partial charge in [0.15, 0.2) is 11.5 Å². The van der Waals surface area contributed by atoms with E-state index >= 15 is 0 Å². The number of rotatable bonds is 8. The number of methoxy groups -OCH3 is 1. The second-order valence-electron chi connectivity index (χ2n) is 6.46. The molecule has 2 aromatic carbocycles. The predicted octanol–water partition coefficient (Wildman–Crippen LogP) is 3.58. The highest BCUT2D eigenvalue weighted by Crippen LogP contribution is 2.34. The summed E-state index contributed by atoms with van der Waals surface area (Å²) in [5, 5.41) is 3.35. The number of benzene rings is 2. The summed E-state index contributed by atoms with van der Waals surface area (Å²) in [5.41, 5.74) is 2.18. The van der Waals surface area contributed by atoms with Gasteiger partial charge in [0.2, 0.25) is 0 Å². The Hall–Kier alpha value is -2.11. The molecule has 1 heterocycles. The topological polar surface area (TPSA) is 33.7 Å². The van der Waals surface area contributed by atoms with Gasteiger partial charge < -0.3 is 14.8 Å². The highest BCUT2D eigenvalue weighted by atomic mass is 19.1. The van der Waals surface area contributed by atoms with E-state index in [9.17, 15) is 4.39 Å². The van der Waals surface area contributed by atoms with Gasteiger partial charge in [0.1, 0.15) is 6.61 Å². The molecule has 3 rings (SSSR count). The van der Waals surface area contributed by atoms with Crippen molar-refractivity contribution in [2.45, 2.75) is 19.1 Å². The lowest BCUT2D eigenvalue weighted by Crippen LogP contribution is -2.45. The van der Waals surface area contributed by atoms with Crippen molar-refractivity contribution < 1.29 is 13.9 Å². The molecule has 0 radical (unpaired) electrons. The third-order valence-electron chi connectivity index (χ3n) is 4.78. The van der Waals surface area contributed by atoms with Gasteiger partial charge in [-0.15, -0.1) is 0 Å². The Labute approximate surface area is 154 Å². The van der Waals surface area contributed by atoms with Crippen LogP contribution in [0.5, 0.6) is 11.5 Å². The Balaban J connectivity index is 1.75. The lowest BCUT2D eigenvalue weighted by Gasteiger charge is -2.35. The third kappa shape index (κ3) is 4.74. The molecule has 4 nitrogen and oxygen atoms in total. The van der Waals surface area contributed by atoms with E-state index < -0.39 is 0 Å². The van der Waals surface area contributed by atoms with Crippen molar-refractivity contribution in [3.63, 3.8) is 0 Å². The molecule has 1 atom stereocenters. The SMILES string of the molecule is COc1cc([C@H](CCF)N2CCNCC2)ccc1OCc1ccccc1. The highest BCUT2D eigenvalue weighted by Gasteiger charge is 2.23. The van der Waals surface area contributed by atoms with Gasteiger partial charge in [-0.1, -0.05) is 36.4 Å². The minimum Gasteiger partial charge on any atom is -0.493 e. The molecule has 0 aromatic heterocycles. The van der Waals surface area contributed by atoms with Gasteiger partial charge in [0.05, 0.1) is 13.8 Å². The van der Waals surface area contributed by atoms with Crippen LogP contribution < -0.4 is 14.8 Å². The van der Waals surface area contributed by atoms with Crippen LogP contribution in [-0.4, -0.2) is 44.9 Å². The largest absolute Gasteiger partial charge is 0.493 e. The normalized spacial score (nSPS) is 16.2. The summed E-state index contributed by atoms with van der Waals surface area (Å²) in [6, 6.07) is 16.1. The second-order valence-corrected chi connectivity index (χ2v) is 6.46. The fourth-order valence-electron chi connectivity index (χ4n) is 3.40. The van der Waals surface area contributed by atoms with Gasteiger partial charge in [0.25, 0.3) is 0 Å². The van der Waals surface area contributed by atoms with Crippen LogP contribution in [0.25, 0.3) is 0 Å². The molecular formula is C21H27FN2O2. The molecule has 1 saturated heterocycles. The maximum atomic E-state index is 13.2. The third-order valence-corrected chi connectivity index (χ3v) is 4.78. The van der Waals surface area contributed by atoms with Crippen molar-refractivity contribution in [2.24, 2.45) is 0 Å². The average Bonchev–Trinajstić information content (AvgIpc) is 2.72. The van der Waals surface area contributed by atoms with Crippen LogP contribution in [0.4, 0.5) is 4.39 Å². The molecule has 5 heteroatoms. The lowest BCUT2D eigenvalue weighted by atomic mass is 10.0. The van der Waals surface area contributed by atoms with Gasteiger partial charge in [-0.2, -0.15) is 0 Å². The van der Waals surface area contributed by atoms with Crippen molar-refractivity contribution in [1.29, 1.82) is 0 Å². The summed E-state index contributed by atoms with van der Waals surface area (Å²) in [5.74, 6) is 1.40. The molecule has 0 aliphatic carbocycles. The number of nitrogens with zero attached hydrogens (tertiary/aromatic N) is 1. The van der Waals surface area contributed by atoms with E-state index in [1.807, 2.05) is 48.5 Å². The Morgan fingerprint density at radius 1 is 1.08 bits per heavy atom. The van der Waals surface area contributed by atoms with E-state index in [1.165, 1.54) is 0 Å². The van der Waals surface area contributed by atoms with Gasteiger partial charge in [-0.05, 0) is 29.7 Å². The Morgan fingerprint density at radius 2 is 1.85 bits per heavy atom. The van der Waals surface area contributed by atoms with Crippen LogP contribution >= 0.6 is 0 Å². The zero-order chi connectivity index (χ0) is 18.2. The average molecular weight is 358 g/mol. The van der Waals surface area contributed by atoms with Gasteiger partial charge in [-0.25, -0.2) is 0 Å². The lowest BCUT2D eigenvalue weighted by molar-refractivity contribution is 0.157. The Kier molecular flexibility index (Phi) is 6.86. The van der Waals surface area contributed by atoms with Crippen LogP contribution in [0.1, 0.15) is 23.6 Å². The zero-order valence-electron chi connectivity index (χ0n) is 15.3. The first kappa shape index (κ1) is 18.7. The Morgan fingerprint density at radius 3 is 2.54 bits per heavy atom. The molecule has 1 aliphatic heterocycles. The van der Waals surface area contributed by atoms with Crippen LogP contribution in [0.15, 0.2) is 48.5 Å². The highest BCUT2D eigenvalue weighted by molar-refractivity contribution is 5.44. The number of hydrogen-bond donors (Lipinski definition) is 1. The van der Waals surface area contributed by atoms with Crippen LogP contribution in [0.2, 0.25) is 0 Å². The standard InChI is InChI=1S/C21H27FN2O2/c1-25-21-15-18(19(9-10-22)24-13-11-23-12-14-24)7-8-20(21)26-16-17-5-3-2-4-6-17/h2-8,15,19,23H,9-14,16H2,1H3/t19-/m0/s1. The molecule has 2 aromatic rings. The number of piperazine rings is 1.